The van der Waals surface area contributed by atoms with Gasteiger partial charge in [-0.15, -0.1) is 11.5 Å². The van der Waals surface area contributed by atoms with E-state index >= 15 is 0 Å². The fraction of sp³-hybridized carbons (Fsp3) is 0.474. The summed E-state index contributed by atoms with van der Waals surface area (Å²) in [4.78, 5) is 24.2. The fourth-order valence-electron chi connectivity index (χ4n) is 1.77. The average Bonchev–Trinajstić information content (AvgIpc) is 2.51. The molecule has 0 saturated carbocycles. The lowest BCUT2D eigenvalue weighted by molar-refractivity contribution is -0.142. The van der Waals surface area contributed by atoms with Gasteiger partial charge >= 0.3 is 5.97 Å². The molecule has 25 heavy (non-hydrogen) atoms. The maximum absolute atomic E-state index is 13.2. The highest BCUT2D eigenvalue weighted by atomic mass is 28.3. The zero-order chi connectivity index (χ0) is 19.3. The number of amides is 1. The molecule has 6 heteroatoms. The van der Waals surface area contributed by atoms with Crippen LogP contribution < -0.4 is 5.32 Å². The van der Waals surface area contributed by atoms with E-state index in [0.717, 1.165) is 6.07 Å². The van der Waals surface area contributed by atoms with Gasteiger partial charge in [-0.05, 0) is 23.2 Å². The Kier molecular flexibility index (Phi) is 6.94. The molecule has 0 bridgehead atoms. The number of carbonyl (C=O) groups excluding carboxylic acids is 2. The Morgan fingerprint density at radius 2 is 1.96 bits per heavy atom. The lowest BCUT2D eigenvalue weighted by Gasteiger charge is -2.31. The standard InChI is InChI=1S/C19H26FNO3Si/c1-19(2,3)25(5,6)12-8-11-16(18(23)24-4)21-17(22)14-9-7-10-15(20)13-14/h7,9-10,13,16H,11H2,1-6H3,(H,21,22)/t16-/m0/s1. The van der Waals surface area contributed by atoms with E-state index in [0.29, 0.717) is 0 Å². The van der Waals surface area contributed by atoms with Crippen molar-refractivity contribution < 1.29 is 18.7 Å². The van der Waals surface area contributed by atoms with E-state index in [1.54, 1.807) is 0 Å². The molecule has 0 aliphatic rings. The van der Waals surface area contributed by atoms with Crippen molar-refractivity contribution in [3.63, 3.8) is 0 Å². The molecule has 0 aliphatic heterocycles. The minimum atomic E-state index is -1.80. The normalized spacial score (nSPS) is 12.6. The number of nitrogens with one attached hydrogen (secondary N) is 1. The first-order valence-corrected chi connectivity index (χ1v) is 11.1. The van der Waals surface area contributed by atoms with E-state index in [-0.39, 0.29) is 17.0 Å². The number of carbonyl (C=O) groups is 2. The monoisotopic (exact) mass is 363 g/mol. The largest absolute Gasteiger partial charge is 0.467 e. The third-order valence-corrected chi connectivity index (χ3v) is 9.01. The molecule has 0 unspecified atom stereocenters. The number of esters is 1. The molecule has 1 atom stereocenters. The van der Waals surface area contributed by atoms with Gasteiger partial charge < -0.3 is 10.1 Å². The SMILES string of the molecule is COC(=O)[C@H](CC#C[Si](C)(C)C(C)(C)C)NC(=O)c1cccc(F)c1. The Hall–Kier alpha value is -2.13. The van der Waals surface area contributed by atoms with Gasteiger partial charge in [-0.2, -0.15) is 0 Å². The van der Waals surface area contributed by atoms with Crippen LogP contribution in [0.25, 0.3) is 0 Å². The topological polar surface area (TPSA) is 55.4 Å². The Morgan fingerprint density at radius 1 is 1.32 bits per heavy atom. The Bertz CT molecular complexity index is 699. The van der Waals surface area contributed by atoms with Crippen LogP contribution in [0.5, 0.6) is 0 Å². The highest BCUT2D eigenvalue weighted by Crippen LogP contribution is 2.35. The molecular weight excluding hydrogens is 337 g/mol. The second kappa shape index (κ2) is 8.30. The molecular formula is C19H26FNO3Si. The van der Waals surface area contributed by atoms with Crippen LogP contribution in [0.1, 0.15) is 37.6 Å². The average molecular weight is 364 g/mol. The van der Waals surface area contributed by atoms with Gasteiger partial charge in [0.25, 0.3) is 5.91 Å². The van der Waals surface area contributed by atoms with Crippen molar-refractivity contribution in [2.75, 3.05) is 7.11 Å². The second-order valence-corrected chi connectivity index (χ2v) is 12.4. The number of benzene rings is 1. The number of ether oxygens (including phenoxy) is 1. The molecule has 1 N–H and O–H groups in total. The number of halogens is 1. The Balaban J connectivity index is 2.90. The number of methoxy groups -OCH3 is 1. The molecule has 1 aromatic rings. The minimum absolute atomic E-state index is 0.103. The number of hydrogen-bond donors (Lipinski definition) is 1. The van der Waals surface area contributed by atoms with Gasteiger partial charge in [-0.1, -0.05) is 39.9 Å². The van der Waals surface area contributed by atoms with Crippen molar-refractivity contribution in [2.24, 2.45) is 0 Å². The van der Waals surface area contributed by atoms with E-state index in [2.05, 4.69) is 50.6 Å². The first-order valence-electron chi connectivity index (χ1n) is 8.12. The molecule has 1 aromatic carbocycles. The summed E-state index contributed by atoms with van der Waals surface area (Å²) in [5.74, 6) is 1.41. The van der Waals surface area contributed by atoms with Crippen LogP contribution in [0.2, 0.25) is 18.1 Å². The molecule has 0 fully saturated rings. The Labute approximate surface area is 150 Å². The first-order chi connectivity index (χ1) is 11.5. The van der Waals surface area contributed by atoms with Crippen LogP contribution in [-0.4, -0.2) is 33.1 Å². The molecule has 0 radical (unpaired) electrons. The zero-order valence-corrected chi connectivity index (χ0v) is 16.7. The van der Waals surface area contributed by atoms with Crippen molar-refractivity contribution in [2.45, 2.75) is 51.4 Å². The van der Waals surface area contributed by atoms with Crippen LogP contribution in [-0.2, 0) is 9.53 Å². The van der Waals surface area contributed by atoms with Crippen molar-refractivity contribution in [3.8, 4) is 11.5 Å². The summed E-state index contributed by atoms with van der Waals surface area (Å²) in [7, 11) is -0.549. The third-order valence-electron chi connectivity index (χ3n) is 4.46. The van der Waals surface area contributed by atoms with Gasteiger partial charge in [-0.25, -0.2) is 9.18 Å². The van der Waals surface area contributed by atoms with E-state index in [4.69, 9.17) is 4.74 Å². The van der Waals surface area contributed by atoms with Gasteiger partial charge in [0.2, 0.25) is 0 Å². The molecule has 4 nitrogen and oxygen atoms in total. The van der Waals surface area contributed by atoms with Gasteiger partial charge in [0.1, 0.15) is 19.9 Å². The van der Waals surface area contributed by atoms with Crippen LogP contribution in [0.4, 0.5) is 4.39 Å². The molecule has 1 amide bonds. The van der Waals surface area contributed by atoms with Crippen molar-refractivity contribution >= 4 is 20.0 Å². The summed E-state index contributed by atoms with van der Waals surface area (Å²) in [5, 5.41) is 2.67. The summed E-state index contributed by atoms with van der Waals surface area (Å²) in [6.07, 6.45) is 0.153. The van der Waals surface area contributed by atoms with Gasteiger partial charge in [0.15, 0.2) is 0 Å². The third kappa shape index (κ3) is 6.02. The summed E-state index contributed by atoms with van der Waals surface area (Å²) >= 11 is 0. The van der Waals surface area contributed by atoms with E-state index < -0.39 is 31.8 Å². The summed E-state index contributed by atoms with van der Waals surface area (Å²) in [6.45, 7) is 10.8. The van der Waals surface area contributed by atoms with Crippen molar-refractivity contribution in [1.82, 2.24) is 5.32 Å². The maximum atomic E-state index is 13.2. The summed E-state index contributed by atoms with van der Waals surface area (Å²) < 4.78 is 18.0. The zero-order valence-electron chi connectivity index (χ0n) is 15.7. The van der Waals surface area contributed by atoms with E-state index in [9.17, 15) is 14.0 Å². The van der Waals surface area contributed by atoms with Crippen LogP contribution in [0.3, 0.4) is 0 Å². The number of rotatable bonds is 4. The highest BCUT2D eigenvalue weighted by molar-refractivity contribution is 6.87. The molecule has 136 valence electrons. The number of hydrogen-bond acceptors (Lipinski definition) is 3. The minimum Gasteiger partial charge on any atom is -0.467 e. The Morgan fingerprint density at radius 3 is 2.48 bits per heavy atom. The molecule has 0 spiro atoms. The smallest absolute Gasteiger partial charge is 0.329 e. The highest BCUT2D eigenvalue weighted by Gasteiger charge is 2.33. The predicted octanol–water partition coefficient (Wildman–Crippen LogP) is 3.54. The van der Waals surface area contributed by atoms with Crippen LogP contribution in [0.15, 0.2) is 24.3 Å². The second-order valence-electron chi connectivity index (χ2n) is 7.44. The fourth-order valence-corrected chi connectivity index (χ4v) is 2.69. The van der Waals surface area contributed by atoms with Gasteiger partial charge in [0.05, 0.1) is 7.11 Å². The lowest BCUT2D eigenvalue weighted by Crippen LogP contribution is -2.41. The summed E-state index contributed by atoms with van der Waals surface area (Å²) in [6, 6.07) is 4.39. The molecule has 0 saturated heterocycles. The molecule has 0 aromatic heterocycles. The maximum Gasteiger partial charge on any atom is 0.329 e. The molecule has 0 aliphatic carbocycles. The van der Waals surface area contributed by atoms with Crippen molar-refractivity contribution in [3.05, 3.63) is 35.6 Å². The predicted molar refractivity (Wildman–Crippen MR) is 99.3 cm³/mol. The lowest BCUT2D eigenvalue weighted by atomic mass is 10.1. The van der Waals surface area contributed by atoms with Crippen molar-refractivity contribution in [1.29, 1.82) is 0 Å². The quantitative estimate of drug-likeness (QED) is 0.506. The van der Waals surface area contributed by atoms with Gasteiger partial charge in [0, 0.05) is 12.0 Å². The van der Waals surface area contributed by atoms with E-state index in [1.165, 1.54) is 25.3 Å². The van der Waals surface area contributed by atoms with Crippen LogP contribution in [0, 0.1) is 17.3 Å². The molecule has 0 heterocycles. The molecule has 1 rings (SSSR count). The van der Waals surface area contributed by atoms with Crippen LogP contribution >= 0.6 is 0 Å². The first kappa shape index (κ1) is 20.9. The van der Waals surface area contributed by atoms with E-state index in [1.807, 2.05) is 0 Å². The summed E-state index contributed by atoms with van der Waals surface area (Å²) in [5.41, 5.74) is 3.45. The van der Waals surface area contributed by atoms with Gasteiger partial charge in [-0.3, -0.25) is 4.79 Å².